The van der Waals surface area contributed by atoms with Gasteiger partial charge in [-0.1, -0.05) is 54.6 Å². The van der Waals surface area contributed by atoms with Gasteiger partial charge in [-0.25, -0.2) is 9.78 Å². The summed E-state index contributed by atoms with van der Waals surface area (Å²) in [5.41, 5.74) is 2.90. The summed E-state index contributed by atoms with van der Waals surface area (Å²) in [6, 6.07) is 25.6. The summed E-state index contributed by atoms with van der Waals surface area (Å²) in [5, 5.41) is 2.40. The summed E-state index contributed by atoms with van der Waals surface area (Å²) in [7, 11) is 0. The second-order valence-electron chi connectivity index (χ2n) is 5.97. The molecular weight excluding hydrogens is 326 g/mol. The van der Waals surface area contributed by atoms with E-state index >= 15 is 0 Å². The molecule has 3 aromatic carbocycles. The summed E-state index contributed by atoms with van der Waals surface area (Å²) in [6.07, 6.45) is 0.162. The molecule has 0 fully saturated rings. The maximum absolute atomic E-state index is 10.9. The Labute approximate surface area is 150 Å². The first kappa shape index (κ1) is 16.0. The fourth-order valence-corrected chi connectivity index (χ4v) is 2.87. The zero-order valence-electron chi connectivity index (χ0n) is 13.9. The van der Waals surface area contributed by atoms with Crippen LogP contribution in [0.2, 0.25) is 0 Å². The van der Waals surface area contributed by atoms with Crippen LogP contribution in [-0.2, 0) is 16.0 Å². The molecule has 1 aliphatic rings. The molecule has 0 spiro atoms. The number of ketones is 1. The van der Waals surface area contributed by atoms with Crippen molar-refractivity contribution in [3.63, 3.8) is 0 Å². The number of pyridine rings is 1. The number of nitrogens with zero attached hydrogens (tertiary/aromatic N) is 1. The first-order chi connectivity index (χ1) is 12.7. The van der Waals surface area contributed by atoms with Crippen molar-refractivity contribution < 1.29 is 14.3 Å². The molecule has 0 aliphatic carbocycles. The van der Waals surface area contributed by atoms with Crippen LogP contribution >= 0.6 is 0 Å². The van der Waals surface area contributed by atoms with Crippen molar-refractivity contribution >= 4 is 33.6 Å². The molecule has 0 N–H and O–H groups in total. The Balaban J connectivity index is 0.000000131. The Morgan fingerprint density at radius 3 is 2.00 bits per heavy atom. The highest BCUT2D eigenvalue weighted by atomic mass is 16.5. The SMILES string of the molecule is O=C1Cc2ccccc2OC1=O.c1ccc2nc3ccccc3cc2c1. The molecule has 0 unspecified atom stereocenters. The zero-order valence-corrected chi connectivity index (χ0v) is 13.9. The number of benzene rings is 3. The number of esters is 1. The van der Waals surface area contributed by atoms with Gasteiger partial charge in [0.2, 0.25) is 5.78 Å². The second-order valence-corrected chi connectivity index (χ2v) is 5.97. The van der Waals surface area contributed by atoms with Crippen molar-refractivity contribution in [3.05, 3.63) is 84.4 Å². The maximum Gasteiger partial charge on any atom is 0.380 e. The van der Waals surface area contributed by atoms with E-state index in [1.165, 1.54) is 10.8 Å². The summed E-state index contributed by atoms with van der Waals surface area (Å²) in [6.45, 7) is 0. The Morgan fingerprint density at radius 1 is 0.731 bits per heavy atom. The van der Waals surface area contributed by atoms with Crippen LogP contribution in [0.1, 0.15) is 5.56 Å². The van der Waals surface area contributed by atoms with E-state index in [0.717, 1.165) is 16.6 Å². The molecule has 4 aromatic rings. The van der Waals surface area contributed by atoms with Crippen LogP contribution < -0.4 is 4.74 Å². The van der Waals surface area contributed by atoms with E-state index in [1.54, 1.807) is 18.2 Å². The highest BCUT2D eigenvalue weighted by Gasteiger charge is 2.24. The number of Topliss-reactive ketones (excluding diaryl/α,β-unsaturated/α-hetero) is 1. The number of rotatable bonds is 0. The molecule has 4 nitrogen and oxygen atoms in total. The van der Waals surface area contributed by atoms with Crippen molar-refractivity contribution in [1.29, 1.82) is 0 Å². The number of hydrogen-bond acceptors (Lipinski definition) is 4. The predicted octanol–water partition coefficient (Wildman–Crippen LogP) is 4.11. The number of carbonyl (C=O) groups excluding carboxylic acids is 2. The Morgan fingerprint density at radius 2 is 1.31 bits per heavy atom. The highest BCUT2D eigenvalue weighted by molar-refractivity contribution is 6.35. The van der Waals surface area contributed by atoms with Gasteiger partial charge >= 0.3 is 5.97 Å². The van der Waals surface area contributed by atoms with E-state index in [0.29, 0.717) is 5.75 Å². The smallest absolute Gasteiger partial charge is 0.380 e. The van der Waals surface area contributed by atoms with Crippen LogP contribution in [-0.4, -0.2) is 16.7 Å². The topological polar surface area (TPSA) is 56.3 Å². The third kappa shape index (κ3) is 3.17. The van der Waals surface area contributed by atoms with E-state index < -0.39 is 11.8 Å². The van der Waals surface area contributed by atoms with E-state index in [2.05, 4.69) is 23.2 Å². The van der Waals surface area contributed by atoms with Gasteiger partial charge in [0.25, 0.3) is 0 Å². The van der Waals surface area contributed by atoms with Crippen LogP contribution in [0.15, 0.2) is 78.9 Å². The lowest BCUT2D eigenvalue weighted by Gasteiger charge is -2.12. The fourth-order valence-electron chi connectivity index (χ4n) is 2.87. The lowest BCUT2D eigenvalue weighted by molar-refractivity contribution is -0.147. The zero-order chi connectivity index (χ0) is 17.9. The number of aromatic nitrogens is 1. The summed E-state index contributed by atoms with van der Waals surface area (Å²) in [5.74, 6) is -0.732. The molecule has 0 radical (unpaired) electrons. The molecule has 1 aromatic heterocycles. The van der Waals surface area contributed by atoms with Crippen LogP contribution in [0, 0.1) is 0 Å². The third-order valence-corrected chi connectivity index (χ3v) is 4.18. The van der Waals surface area contributed by atoms with E-state index in [-0.39, 0.29) is 6.42 Å². The van der Waals surface area contributed by atoms with Crippen LogP contribution in [0.25, 0.3) is 21.8 Å². The van der Waals surface area contributed by atoms with Crippen LogP contribution in [0.5, 0.6) is 5.75 Å². The molecule has 5 rings (SSSR count). The lowest BCUT2D eigenvalue weighted by atomic mass is 10.1. The monoisotopic (exact) mass is 341 g/mol. The fraction of sp³-hybridized carbons (Fsp3) is 0.0455. The quantitative estimate of drug-likeness (QED) is 0.209. The molecule has 0 amide bonds. The first-order valence-corrected chi connectivity index (χ1v) is 8.28. The Kier molecular flexibility index (Phi) is 4.15. The average molecular weight is 341 g/mol. The van der Waals surface area contributed by atoms with Gasteiger partial charge in [-0.3, -0.25) is 4.79 Å². The minimum atomic E-state index is -0.756. The molecule has 0 bridgehead atoms. The molecule has 26 heavy (non-hydrogen) atoms. The van der Waals surface area contributed by atoms with Gasteiger partial charge in [0.1, 0.15) is 5.75 Å². The molecule has 0 saturated heterocycles. The third-order valence-electron chi connectivity index (χ3n) is 4.18. The first-order valence-electron chi connectivity index (χ1n) is 8.28. The number of hydrogen-bond donors (Lipinski definition) is 0. The lowest BCUT2D eigenvalue weighted by Crippen LogP contribution is -2.27. The van der Waals surface area contributed by atoms with Gasteiger partial charge in [0.15, 0.2) is 0 Å². The van der Waals surface area contributed by atoms with Crippen LogP contribution in [0.4, 0.5) is 0 Å². The number of carbonyl (C=O) groups is 2. The molecule has 2 heterocycles. The summed E-state index contributed by atoms with van der Waals surface area (Å²) >= 11 is 0. The standard InChI is InChI=1S/C13H9N.C9H6O3/c1-3-7-12-10(5-1)9-11-6-2-4-8-13(11)14-12;10-7-5-6-3-1-2-4-8(6)12-9(7)11/h1-9H;1-4H,5H2. The largest absolute Gasteiger partial charge is 0.420 e. The van der Waals surface area contributed by atoms with Crippen molar-refractivity contribution in [2.24, 2.45) is 0 Å². The molecule has 126 valence electrons. The van der Waals surface area contributed by atoms with Gasteiger partial charge in [-0.2, -0.15) is 0 Å². The second kappa shape index (κ2) is 6.76. The highest BCUT2D eigenvalue weighted by Crippen LogP contribution is 2.22. The van der Waals surface area contributed by atoms with Gasteiger partial charge in [0, 0.05) is 22.8 Å². The van der Waals surface area contributed by atoms with E-state index in [9.17, 15) is 9.59 Å². The average Bonchev–Trinajstić information content (AvgIpc) is 2.68. The van der Waals surface area contributed by atoms with Gasteiger partial charge in [-0.05, 0) is 24.3 Å². The van der Waals surface area contributed by atoms with Gasteiger partial charge in [-0.15, -0.1) is 0 Å². The molecular formula is C22H15NO3. The Hall–Kier alpha value is -3.53. The number of ether oxygens (including phenoxy) is 1. The minimum absolute atomic E-state index is 0.162. The van der Waals surface area contributed by atoms with E-state index in [1.807, 2.05) is 42.5 Å². The predicted molar refractivity (Wildman–Crippen MR) is 100 cm³/mol. The normalized spacial score (nSPS) is 12.9. The number of fused-ring (bicyclic) bond motifs is 3. The van der Waals surface area contributed by atoms with Gasteiger partial charge < -0.3 is 4.74 Å². The maximum atomic E-state index is 10.9. The molecule has 0 atom stereocenters. The molecule has 0 saturated carbocycles. The minimum Gasteiger partial charge on any atom is -0.420 e. The molecule has 1 aliphatic heterocycles. The van der Waals surface area contributed by atoms with Crippen molar-refractivity contribution in [2.45, 2.75) is 6.42 Å². The van der Waals surface area contributed by atoms with Crippen molar-refractivity contribution in [3.8, 4) is 5.75 Å². The summed E-state index contributed by atoms with van der Waals surface area (Å²) < 4.78 is 4.76. The van der Waals surface area contributed by atoms with Crippen molar-refractivity contribution in [1.82, 2.24) is 4.98 Å². The molecule has 4 heteroatoms. The number of para-hydroxylation sites is 3. The van der Waals surface area contributed by atoms with E-state index in [4.69, 9.17) is 4.74 Å². The Bertz CT molecular complexity index is 994. The summed E-state index contributed by atoms with van der Waals surface area (Å²) in [4.78, 5) is 26.2. The van der Waals surface area contributed by atoms with Crippen LogP contribution in [0.3, 0.4) is 0 Å². The van der Waals surface area contributed by atoms with Crippen molar-refractivity contribution in [2.75, 3.05) is 0 Å². The van der Waals surface area contributed by atoms with Gasteiger partial charge in [0.05, 0.1) is 11.0 Å².